The molecule has 0 aliphatic carbocycles. The van der Waals surface area contributed by atoms with E-state index in [4.69, 9.17) is 4.74 Å². The summed E-state index contributed by atoms with van der Waals surface area (Å²) in [5.41, 5.74) is 2.46. The molecule has 0 bridgehead atoms. The normalized spacial score (nSPS) is 12.0. The number of aromatic nitrogens is 1. The van der Waals surface area contributed by atoms with Crippen LogP contribution >= 0.6 is 0 Å². The van der Waals surface area contributed by atoms with Crippen LogP contribution in [0.4, 0.5) is 8.78 Å². The molecule has 0 saturated carbocycles. The van der Waals surface area contributed by atoms with Gasteiger partial charge in [-0.3, -0.25) is 4.98 Å². The van der Waals surface area contributed by atoms with Crippen molar-refractivity contribution >= 4 is 0 Å². The number of methoxy groups -OCH3 is 1. The Morgan fingerprint density at radius 2 is 1.76 bits per heavy atom. The number of rotatable bonds is 6. The topological polar surface area (TPSA) is 34.1 Å². The van der Waals surface area contributed by atoms with E-state index in [0.717, 1.165) is 22.9 Å². The maximum atomic E-state index is 13.4. The molecule has 3 nitrogen and oxygen atoms in total. The van der Waals surface area contributed by atoms with Crippen LogP contribution in [-0.2, 0) is 6.54 Å². The van der Waals surface area contributed by atoms with E-state index in [9.17, 15) is 8.78 Å². The van der Waals surface area contributed by atoms with Gasteiger partial charge in [-0.05, 0) is 47.0 Å². The van der Waals surface area contributed by atoms with Crippen LogP contribution in [0.25, 0.3) is 0 Å². The highest BCUT2D eigenvalue weighted by molar-refractivity contribution is 5.36. The molecule has 1 N–H and O–H groups in total. The summed E-state index contributed by atoms with van der Waals surface area (Å²) < 4.78 is 32.1. The lowest BCUT2D eigenvalue weighted by Crippen LogP contribution is -2.22. The summed E-state index contributed by atoms with van der Waals surface area (Å²) >= 11 is 0. The first-order chi connectivity index (χ1) is 12.2. The first kappa shape index (κ1) is 17.0. The Kier molecular flexibility index (Phi) is 5.36. The van der Waals surface area contributed by atoms with Gasteiger partial charge in [-0.1, -0.05) is 18.2 Å². The Labute approximate surface area is 145 Å². The molecule has 0 aliphatic heterocycles. The molecule has 1 atom stereocenters. The van der Waals surface area contributed by atoms with E-state index in [1.165, 1.54) is 12.1 Å². The number of halogens is 2. The van der Waals surface area contributed by atoms with Crippen LogP contribution in [0, 0.1) is 11.6 Å². The second-order valence-electron chi connectivity index (χ2n) is 5.65. The molecule has 128 valence electrons. The molecule has 0 amide bonds. The van der Waals surface area contributed by atoms with Crippen LogP contribution in [-0.4, -0.2) is 12.1 Å². The van der Waals surface area contributed by atoms with Crippen LogP contribution < -0.4 is 10.1 Å². The van der Waals surface area contributed by atoms with Gasteiger partial charge in [0.2, 0.25) is 0 Å². The summed E-state index contributed by atoms with van der Waals surface area (Å²) in [6, 6.07) is 14.8. The molecule has 3 aromatic rings. The van der Waals surface area contributed by atoms with E-state index in [1.54, 1.807) is 19.5 Å². The van der Waals surface area contributed by atoms with Crippen molar-refractivity contribution in [1.29, 1.82) is 0 Å². The highest BCUT2D eigenvalue weighted by Crippen LogP contribution is 2.25. The molecule has 0 spiro atoms. The molecular weight excluding hydrogens is 322 g/mol. The average Bonchev–Trinajstić information content (AvgIpc) is 2.62. The first-order valence-corrected chi connectivity index (χ1v) is 7.88. The van der Waals surface area contributed by atoms with E-state index in [1.807, 2.05) is 36.4 Å². The molecule has 0 fully saturated rings. The maximum Gasteiger partial charge on any atom is 0.126 e. The van der Waals surface area contributed by atoms with E-state index < -0.39 is 11.6 Å². The molecule has 25 heavy (non-hydrogen) atoms. The zero-order valence-electron chi connectivity index (χ0n) is 13.7. The van der Waals surface area contributed by atoms with E-state index in [2.05, 4.69) is 10.3 Å². The average molecular weight is 340 g/mol. The van der Waals surface area contributed by atoms with E-state index in [0.29, 0.717) is 12.1 Å². The van der Waals surface area contributed by atoms with Crippen LogP contribution in [0.15, 0.2) is 67.0 Å². The highest BCUT2D eigenvalue weighted by Gasteiger charge is 2.15. The molecular formula is C20H18F2N2O. The van der Waals surface area contributed by atoms with Gasteiger partial charge in [0.25, 0.3) is 0 Å². The quantitative estimate of drug-likeness (QED) is 0.728. The van der Waals surface area contributed by atoms with Crippen molar-refractivity contribution in [2.24, 2.45) is 0 Å². The van der Waals surface area contributed by atoms with Gasteiger partial charge in [0.05, 0.1) is 13.2 Å². The molecule has 0 aliphatic rings. The summed E-state index contributed by atoms with van der Waals surface area (Å²) in [5, 5.41) is 3.35. The minimum absolute atomic E-state index is 0.185. The summed E-state index contributed by atoms with van der Waals surface area (Å²) in [4.78, 5) is 4.17. The number of nitrogens with zero attached hydrogens (tertiary/aromatic N) is 1. The monoisotopic (exact) mass is 340 g/mol. The summed E-state index contributed by atoms with van der Waals surface area (Å²) in [6.45, 7) is 0.311. The van der Waals surface area contributed by atoms with Crippen molar-refractivity contribution in [3.05, 3.63) is 95.3 Å². The molecule has 0 unspecified atom stereocenters. The van der Waals surface area contributed by atoms with Gasteiger partial charge in [0.1, 0.15) is 17.4 Å². The fraction of sp³-hybridized carbons (Fsp3) is 0.150. The Hall–Kier alpha value is -2.79. The van der Waals surface area contributed by atoms with Crippen molar-refractivity contribution in [1.82, 2.24) is 10.3 Å². The fourth-order valence-electron chi connectivity index (χ4n) is 2.73. The zero-order valence-corrected chi connectivity index (χ0v) is 13.7. The van der Waals surface area contributed by atoms with Crippen molar-refractivity contribution in [2.75, 3.05) is 7.11 Å². The summed E-state index contributed by atoms with van der Waals surface area (Å²) in [7, 11) is 1.61. The van der Waals surface area contributed by atoms with Crippen molar-refractivity contribution in [3.63, 3.8) is 0 Å². The first-order valence-electron chi connectivity index (χ1n) is 7.88. The molecule has 0 saturated heterocycles. The second-order valence-corrected chi connectivity index (χ2v) is 5.65. The summed E-state index contributed by atoms with van der Waals surface area (Å²) in [6.07, 6.45) is 3.47. The Bertz CT molecular complexity index is 820. The lowest BCUT2D eigenvalue weighted by molar-refractivity contribution is 0.413. The maximum absolute atomic E-state index is 13.4. The number of ether oxygens (including phenoxy) is 1. The zero-order chi connectivity index (χ0) is 17.6. The molecule has 0 radical (unpaired) electrons. The van der Waals surface area contributed by atoms with Gasteiger partial charge < -0.3 is 10.1 Å². The minimum atomic E-state index is -0.587. The smallest absolute Gasteiger partial charge is 0.126 e. The number of nitrogens with one attached hydrogen (secondary N) is 1. The van der Waals surface area contributed by atoms with Gasteiger partial charge >= 0.3 is 0 Å². The van der Waals surface area contributed by atoms with Crippen molar-refractivity contribution in [2.45, 2.75) is 12.6 Å². The number of pyridine rings is 1. The van der Waals surface area contributed by atoms with Gasteiger partial charge in [-0.2, -0.15) is 0 Å². The standard InChI is InChI=1S/C20H18F2N2O/c1-25-19-6-2-4-15(10-19)20(16-5-3-7-23-13-16)24-12-14-8-17(21)11-18(22)9-14/h2-11,13,20,24H,12H2,1H3/t20-/m1/s1. The van der Waals surface area contributed by atoms with E-state index in [-0.39, 0.29) is 6.04 Å². The van der Waals surface area contributed by atoms with Crippen molar-refractivity contribution in [3.8, 4) is 5.75 Å². The minimum Gasteiger partial charge on any atom is -0.497 e. The lowest BCUT2D eigenvalue weighted by atomic mass is 9.99. The Morgan fingerprint density at radius 3 is 2.44 bits per heavy atom. The van der Waals surface area contributed by atoms with Crippen LogP contribution in [0.3, 0.4) is 0 Å². The highest BCUT2D eigenvalue weighted by atomic mass is 19.1. The molecule has 1 aromatic heterocycles. The number of hydrogen-bond donors (Lipinski definition) is 1. The predicted octanol–water partition coefficient (Wildman–Crippen LogP) is 4.25. The van der Waals surface area contributed by atoms with Gasteiger partial charge in [0, 0.05) is 25.0 Å². The SMILES string of the molecule is COc1cccc([C@@H](NCc2cc(F)cc(F)c2)c2cccnc2)c1. The molecule has 5 heteroatoms. The number of benzene rings is 2. The predicted molar refractivity (Wildman–Crippen MR) is 92.3 cm³/mol. The van der Waals surface area contributed by atoms with Gasteiger partial charge in [-0.15, -0.1) is 0 Å². The van der Waals surface area contributed by atoms with Crippen LogP contribution in [0.5, 0.6) is 5.75 Å². The Balaban J connectivity index is 1.88. The third-order valence-electron chi connectivity index (χ3n) is 3.88. The Morgan fingerprint density at radius 1 is 1.00 bits per heavy atom. The lowest BCUT2D eigenvalue weighted by Gasteiger charge is -2.20. The summed E-state index contributed by atoms with van der Waals surface area (Å²) in [5.74, 6) is -0.433. The molecule has 2 aromatic carbocycles. The van der Waals surface area contributed by atoms with Gasteiger partial charge in [0.15, 0.2) is 0 Å². The molecule has 1 heterocycles. The van der Waals surface area contributed by atoms with Crippen LogP contribution in [0.2, 0.25) is 0 Å². The number of hydrogen-bond acceptors (Lipinski definition) is 3. The van der Waals surface area contributed by atoms with E-state index >= 15 is 0 Å². The fourth-order valence-corrected chi connectivity index (χ4v) is 2.73. The second kappa shape index (κ2) is 7.85. The van der Waals surface area contributed by atoms with Crippen molar-refractivity contribution < 1.29 is 13.5 Å². The molecule has 3 rings (SSSR count). The third-order valence-corrected chi connectivity index (χ3v) is 3.88. The van der Waals surface area contributed by atoms with Crippen LogP contribution in [0.1, 0.15) is 22.7 Å². The van der Waals surface area contributed by atoms with Gasteiger partial charge in [-0.25, -0.2) is 8.78 Å². The largest absolute Gasteiger partial charge is 0.497 e. The third kappa shape index (κ3) is 4.39.